The maximum Gasteiger partial charge on any atom is 0.413 e. The molecule has 0 saturated carbocycles. The summed E-state index contributed by atoms with van der Waals surface area (Å²) >= 11 is 0. The number of hydrogen-bond donors (Lipinski definition) is 0. The first-order valence-electron chi connectivity index (χ1n) is 5.47. The normalized spacial score (nSPS) is 24.6. The van der Waals surface area contributed by atoms with Crippen LogP contribution < -0.4 is 0 Å². The van der Waals surface area contributed by atoms with E-state index in [-0.39, 0.29) is 6.61 Å². The summed E-state index contributed by atoms with van der Waals surface area (Å²) in [7, 11) is 1.28. The predicted molar refractivity (Wildman–Crippen MR) is 59.3 cm³/mol. The highest BCUT2D eigenvalue weighted by atomic mass is 16.6. The van der Waals surface area contributed by atoms with Gasteiger partial charge in [0.2, 0.25) is 0 Å². The van der Waals surface area contributed by atoms with E-state index in [1.807, 2.05) is 0 Å². The molecule has 98 valence electrons. The van der Waals surface area contributed by atoms with Gasteiger partial charge in [0.1, 0.15) is 11.8 Å². The maximum atomic E-state index is 11.9. The second kappa shape index (κ2) is 4.91. The van der Waals surface area contributed by atoms with Crippen LogP contribution in [0.25, 0.3) is 0 Å². The zero-order valence-corrected chi connectivity index (χ0v) is 10.9. The fraction of sp³-hybridized carbons (Fsp3) is 0.818. The molecular weight excluding hydrogens is 226 g/mol. The van der Waals surface area contributed by atoms with Crippen molar-refractivity contribution in [2.75, 3.05) is 13.7 Å². The summed E-state index contributed by atoms with van der Waals surface area (Å²) in [6.07, 6.45) is -1.06. The van der Waals surface area contributed by atoms with Crippen molar-refractivity contribution in [3.05, 3.63) is 0 Å². The van der Waals surface area contributed by atoms with Crippen LogP contribution in [-0.2, 0) is 19.0 Å². The van der Waals surface area contributed by atoms with E-state index in [1.165, 1.54) is 12.0 Å². The zero-order valence-electron chi connectivity index (χ0n) is 10.9. The van der Waals surface area contributed by atoms with Gasteiger partial charge in [-0.25, -0.2) is 9.59 Å². The molecule has 0 aromatic carbocycles. The minimum absolute atomic E-state index is 0.132. The van der Waals surface area contributed by atoms with Gasteiger partial charge in [-0.15, -0.1) is 0 Å². The van der Waals surface area contributed by atoms with Crippen molar-refractivity contribution in [3.8, 4) is 0 Å². The molecule has 0 aliphatic carbocycles. The number of amides is 1. The average molecular weight is 245 g/mol. The highest BCUT2D eigenvalue weighted by Gasteiger charge is 2.42. The number of hydrogen-bond acceptors (Lipinski definition) is 5. The molecule has 17 heavy (non-hydrogen) atoms. The van der Waals surface area contributed by atoms with Crippen LogP contribution in [0.15, 0.2) is 0 Å². The van der Waals surface area contributed by atoms with Crippen LogP contribution in [0.3, 0.4) is 0 Å². The van der Waals surface area contributed by atoms with E-state index in [0.29, 0.717) is 0 Å². The molecule has 1 amide bonds. The third kappa shape index (κ3) is 3.33. The smallest absolute Gasteiger partial charge is 0.413 e. The molecule has 1 saturated heterocycles. The van der Waals surface area contributed by atoms with E-state index in [0.717, 1.165) is 0 Å². The Labute approximate surface area is 101 Å². The van der Waals surface area contributed by atoms with Gasteiger partial charge in [0, 0.05) is 0 Å². The molecule has 6 heteroatoms. The van der Waals surface area contributed by atoms with E-state index < -0.39 is 29.9 Å². The van der Waals surface area contributed by atoms with Crippen LogP contribution in [0, 0.1) is 0 Å². The lowest BCUT2D eigenvalue weighted by Crippen LogP contribution is -2.47. The van der Waals surface area contributed by atoms with Crippen LogP contribution in [0.4, 0.5) is 4.79 Å². The zero-order chi connectivity index (χ0) is 13.2. The van der Waals surface area contributed by atoms with Gasteiger partial charge in [-0.3, -0.25) is 4.90 Å². The van der Waals surface area contributed by atoms with Crippen molar-refractivity contribution in [1.29, 1.82) is 0 Å². The number of rotatable bonds is 1. The molecule has 0 aromatic heterocycles. The Morgan fingerprint density at radius 1 is 1.35 bits per heavy atom. The minimum Gasteiger partial charge on any atom is -0.467 e. The van der Waals surface area contributed by atoms with Gasteiger partial charge in [-0.05, 0) is 27.7 Å². The lowest BCUT2D eigenvalue weighted by Gasteiger charge is -2.28. The number of esters is 1. The van der Waals surface area contributed by atoms with Crippen LogP contribution in [-0.4, -0.2) is 48.5 Å². The molecule has 1 aliphatic rings. The van der Waals surface area contributed by atoms with Gasteiger partial charge in [0.05, 0.1) is 13.7 Å². The highest BCUT2D eigenvalue weighted by Crippen LogP contribution is 2.21. The Balaban J connectivity index is 2.78. The molecule has 1 rings (SSSR count). The molecule has 6 nitrogen and oxygen atoms in total. The first kappa shape index (κ1) is 13.8. The van der Waals surface area contributed by atoms with Crippen LogP contribution >= 0.6 is 0 Å². The van der Waals surface area contributed by atoms with Gasteiger partial charge in [-0.1, -0.05) is 0 Å². The molecule has 0 N–H and O–H groups in total. The predicted octanol–water partition coefficient (Wildman–Crippen LogP) is 1.14. The summed E-state index contributed by atoms with van der Waals surface area (Å²) in [6, 6.07) is -0.732. The third-order valence-corrected chi connectivity index (χ3v) is 2.30. The van der Waals surface area contributed by atoms with Gasteiger partial charge in [-0.2, -0.15) is 0 Å². The second-order valence-electron chi connectivity index (χ2n) is 4.86. The first-order valence-corrected chi connectivity index (χ1v) is 5.47. The van der Waals surface area contributed by atoms with Gasteiger partial charge in [0.25, 0.3) is 0 Å². The number of methoxy groups -OCH3 is 1. The molecule has 0 spiro atoms. The molecule has 1 heterocycles. The van der Waals surface area contributed by atoms with Crippen molar-refractivity contribution < 1.29 is 23.8 Å². The number of carbonyl (C=O) groups is 2. The summed E-state index contributed by atoms with van der Waals surface area (Å²) < 4.78 is 15.1. The number of carbonyl (C=O) groups excluding carboxylic acids is 2. The lowest BCUT2D eigenvalue weighted by molar-refractivity contribution is -0.145. The summed E-state index contributed by atoms with van der Waals surface area (Å²) in [5, 5.41) is 0. The monoisotopic (exact) mass is 245 g/mol. The number of nitrogens with zero attached hydrogens (tertiary/aromatic N) is 1. The molecule has 0 aromatic rings. The van der Waals surface area contributed by atoms with Crippen molar-refractivity contribution >= 4 is 12.1 Å². The van der Waals surface area contributed by atoms with Gasteiger partial charge in [0.15, 0.2) is 6.04 Å². The van der Waals surface area contributed by atoms with E-state index in [4.69, 9.17) is 9.47 Å². The minimum atomic E-state index is -0.732. The van der Waals surface area contributed by atoms with Crippen LogP contribution in [0.5, 0.6) is 0 Å². The largest absolute Gasteiger partial charge is 0.467 e. The molecular formula is C11H19NO5. The Kier molecular flexibility index (Phi) is 3.98. The molecule has 0 unspecified atom stereocenters. The van der Waals surface area contributed by atoms with Crippen molar-refractivity contribution in [2.24, 2.45) is 0 Å². The maximum absolute atomic E-state index is 11.9. The summed E-state index contributed by atoms with van der Waals surface area (Å²) in [5.74, 6) is -0.500. The Morgan fingerprint density at radius 3 is 2.41 bits per heavy atom. The first-order chi connectivity index (χ1) is 7.76. The van der Waals surface area contributed by atoms with Crippen molar-refractivity contribution in [3.63, 3.8) is 0 Å². The SMILES string of the molecule is COC(=O)[C@H]1CO[C@@H](C)N1C(=O)OC(C)(C)C. The summed E-state index contributed by atoms with van der Waals surface area (Å²) in [4.78, 5) is 24.7. The molecule has 0 radical (unpaired) electrons. The standard InChI is InChI=1S/C11H19NO5/c1-7-12(10(14)17-11(2,3)4)8(6-16-7)9(13)15-5/h7-8H,6H2,1-5H3/t7-,8+/m0/s1. The summed E-state index contributed by atoms with van der Waals surface area (Å²) in [5.41, 5.74) is -0.611. The number of ether oxygens (including phenoxy) is 3. The molecule has 0 bridgehead atoms. The Morgan fingerprint density at radius 2 is 1.94 bits per heavy atom. The highest BCUT2D eigenvalue weighted by molar-refractivity contribution is 5.82. The van der Waals surface area contributed by atoms with Gasteiger partial charge >= 0.3 is 12.1 Å². The van der Waals surface area contributed by atoms with Gasteiger partial charge < -0.3 is 14.2 Å². The van der Waals surface area contributed by atoms with Crippen LogP contribution in [0.1, 0.15) is 27.7 Å². The fourth-order valence-corrected chi connectivity index (χ4v) is 1.55. The van der Waals surface area contributed by atoms with Crippen LogP contribution in [0.2, 0.25) is 0 Å². The van der Waals surface area contributed by atoms with Crippen molar-refractivity contribution in [2.45, 2.75) is 45.6 Å². The molecule has 2 atom stereocenters. The van der Waals surface area contributed by atoms with E-state index in [1.54, 1.807) is 27.7 Å². The molecule has 1 aliphatic heterocycles. The van der Waals surface area contributed by atoms with E-state index in [2.05, 4.69) is 4.74 Å². The topological polar surface area (TPSA) is 65.1 Å². The fourth-order valence-electron chi connectivity index (χ4n) is 1.55. The molecule has 1 fully saturated rings. The Hall–Kier alpha value is -1.30. The lowest BCUT2D eigenvalue weighted by atomic mass is 10.2. The Bertz CT molecular complexity index is 309. The second-order valence-corrected chi connectivity index (χ2v) is 4.86. The summed E-state index contributed by atoms with van der Waals surface area (Å²) in [6.45, 7) is 7.11. The van der Waals surface area contributed by atoms with E-state index in [9.17, 15) is 9.59 Å². The average Bonchev–Trinajstić information content (AvgIpc) is 2.56. The van der Waals surface area contributed by atoms with Crippen molar-refractivity contribution in [1.82, 2.24) is 4.90 Å². The van der Waals surface area contributed by atoms with E-state index >= 15 is 0 Å². The third-order valence-electron chi connectivity index (χ3n) is 2.30. The quantitative estimate of drug-likeness (QED) is 0.648.